The number of aromatic nitrogens is 2. The minimum atomic E-state index is -0.303. The minimum Gasteiger partial charge on any atom is -0.351 e. The first kappa shape index (κ1) is 13.7. The number of halogens is 1. The van der Waals surface area contributed by atoms with E-state index in [1.165, 1.54) is 12.4 Å². The second-order valence-corrected chi connectivity index (χ2v) is 4.71. The van der Waals surface area contributed by atoms with Crippen LogP contribution in [-0.4, -0.2) is 46.3 Å². The summed E-state index contributed by atoms with van der Waals surface area (Å²) >= 11 is 5.65. The van der Waals surface area contributed by atoms with E-state index < -0.39 is 0 Å². The summed E-state index contributed by atoms with van der Waals surface area (Å²) < 4.78 is 0. The molecule has 1 aromatic heterocycles. The van der Waals surface area contributed by atoms with Crippen LogP contribution < -0.4 is 5.32 Å². The third-order valence-electron chi connectivity index (χ3n) is 2.90. The van der Waals surface area contributed by atoms with E-state index in [2.05, 4.69) is 15.3 Å². The lowest BCUT2D eigenvalue weighted by Gasteiger charge is -2.15. The minimum absolute atomic E-state index is 0.190. The highest BCUT2D eigenvalue weighted by Crippen LogP contribution is 2.09. The molecular weight excluding hydrogens is 268 g/mol. The van der Waals surface area contributed by atoms with E-state index in [1.54, 1.807) is 0 Å². The summed E-state index contributed by atoms with van der Waals surface area (Å²) in [5.41, 5.74) is 0.199. The monoisotopic (exact) mass is 282 g/mol. The van der Waals surface area contributed by atoms with Gasteiger partial charge in [0, 0.05) is 26.1 Å². The Kier molecular flexibility index (Phi) is 4.68. The van der Waals surface area contributed by atoms with Crippen LogP contribution in [0.3, 0.4) is 0 Å². The molecule has 0 aromatic carbocycles. The highest BCUT2D eigenvalue weighted by molar-refractivity contribution is 6.29. The van der Waals surface area contributed by atoms with Gasteiger partial charge < -0.3 is 10.2 Å². The number of likely N-dealkylation sites (tertiary alicyclic amines) is 1. The van der Waals surface area contributed by atoms with E-state index in [4.69, 9.17) is 11.6 Å². The van der Waals surface area contributed by atoms with Gasteiger partial charge in [0.1, 0.15) is 10.8 Å². The summed E-state index contributed by atoms with van der Waals surface area (Å²) in [4.78, 5) is 32.6. The van der Waals surface area contributed by atoms with E-state index in [9.17, 15) is 9.59 Å². The van der Waals surface area contributed by atoms with Crippen molar-refractivity contribution in [3.63, 3.8) is 0 Å². The molecule has 0 radical (unpaired) electrons. The van der Waals surface area contributed by atoms with Crippen LogP contribution in [0.1, 0.15) is 29.8 Å². The van der Waals surface area contributed by atoms with Crippen molar-refractivity contribution in [1.29, 1.82) is 0 Å². The lowest BCUT2D eigenvalue weighted by atomic mass is 10.3. The van der Waals surface area contributed by atoms with Gasteiger partial charge in [0.2, 0.25) is 5.91 Å². The van der Waals surface area contributed by atoms with E-state index >= 15 is 0 Å². The van der Waals surface area contributed by atoms with Crippen molar-refractivity contribution in [3.05, 3.63) is 23.2 Å². The fraction of sp³-hybridized carbons (Fsp3) is 0.500. The van der Waals surface area contributed by atoms with Gasteiger partial charge in [-0.2, -0.15) is 0 Å². The molecule has 0 atom stereocenters. The molecule has 1 saturated heterocycles. The number of hydrogen-bond donors (Lipinski definition) is 1. The predicted octanol–water partition coefficient (Wildman–Crippen LogP) is 0.872. The van der Waals surface area contributed by atoms with Crippen LogP contribution in [0.5, 0.6) is 0 Å². The van der Waals surface area contributed by atoms with Gasteiger partial charge in [0.25, 0.3) is 5.91 Å². The SMILES string of the molecule is O=C(NCCCN1CCCC1=O)c1cncc(Cl)n1. The van der Waals surface area contributed by atoms with Gasteiger partial charge in [-0.05, 0) is 12.8 Å². The zero-order valence-electron chi connectivity index (χ0n) is 10.4. The Labute approximate surface area is 116 Å². The Bertz CT molecular complexity index is 481. The first-order valence-electron chi connectivity index (χ1n) is 6.20. The quantitative estimate of drug-likeness (QED) is 0.813. The molecule has 1 aromatic rings. The Morgan fingerprint density at radius 1 is 1.47 bits per heavy atom. The fourth-order valence-electron chi connectivity index (χ4n) is 1.95. The first-order chi connectivity index (χ1) is 9.16. The molecule has 0 spiro atoms. The maximum atomic E-state index is 11.7. The highest BCUT2D eigenvalue weighted by Gasteiger charge is 2.19. The second-order valence-electron chi connectivity index (χ2n) is 4.32. The molecule has 0 saturated carbocycles. The van der Waals surface area contributed by atoms with Crippen molar-refractivity contribution in [2.45, 2.75) is 19.3 Å². The first-order valence-corrected chi connectivity index (χ1v) is 6.58. The van der Waals surface area contributed by atoms with Gasteiger partial charge in [-0.15, -0.1) is 0 Å². The van der Waals surface area contributed by atoms with E-state index in [1.807, 2.05) is 4.90 Å². The summed E-state index contributed by atoms with van der Waals surface area (Å²) in [5, 5.41) is 2.92. The maximum absolute atomic E-state index is 11.7. The number of nitrogens with one attached hydrogen (secondary N) is 1. The number of hydrogen-bond acceptors (Lipinski definition) is 4. The molecule has 0 bridgehead atoms. The van der Waals surface area contributed by atoms with Crippen LogP contribution in [0, 0.1) is 0 Å². The molecule has 2 rings (SSSR count). The number of carbonyl (C=O) groups excluding carboxylic acids is 2. The molecule has 0 unspecified atom stereocenters. The summed E-state index contributed by atoms with van der Waals surface area (Å²) in [7, 11) is 0. The summed E-state index contributed by atoms with van der Waals surface area (Å²) in [6.45, 7) is 2.00. The largest absolute Gasteiger partial charge is 0.351 e. The summed E-state index contributed by atoms with van der Waals surface area (Å²) in [6, 6.07) is 0. The Balaban J connectivity index is 1.71. The molecule has 2 heterocycles. The van der Waals surface area contributed by atoms with Crippen LogP contribution in [0.15, 0.2) is 12.4 Å². The standard InChI is InChI=1S/C12H15ClN4O2/c13-10-8-14-7-9(16-10)12(19)15-4-2-6-17-5-1-3-11(17)18/h7-8H,1-6H2,(H,15,19). The average Bonchev–Trinajstić information content (AvgIpc) is 2.80. The van der Waals surface area contributed by atoms with Crippen molar-refractivity contribution in [2.24, 2.45) is 0 Å². The number of nitrogens with zero attached hydrogens (tertiary/aromatic N) is 3. The molecule has 1 aliphatic rings. The van der Waals surface area contributed by atoms with Crippen LogP contribution in [-0.2, 0) is 4.79 Å². The van der Waals surface area contributed by atoms with Gasteiger partial charge in [0.05, 0.1) is 12.4 Å². The molecule has 1 aliphatic heterocycles. The molecule has 2 amide bonds. The smallest absolute Gasteiger partial charge is 0.271 e. The van der Waals surface area contributed by atoms with Crippen molar-refractivity contribution >= 4 is 23.4 Å². The second kappa shape index (κ2) is 6.47. The normalized spacial score (nSPS) is 14.8. The van der Waals surface area contributed by atoms with Gasteiger partial charge in [-0.3, -0.25) is 14.6 Å². The van der Waals surface area contributed by atoms with E-state index in [-0.39, 0.29) is 22.7 Å². The average molecular weight is 283 g/mol. The molecule has 1 fully saturated rings. The number of carbonyl (C=O) groups is 2. The highest BCUT2D eigenvalue weighted by atomic mass is 35.5. The Morgan fingerprint density at radius 3 is 3.00 bits per heavy atom. The van der Waals surface area contributed by atoms with Crippen LogP contribution in [0.2, 0.25) is 5.15 Å². The number of rotatable bonds is 5. The maximum Gasteiger partial charge on any atom is 0.271 e. The van der Waals surface area contributed by atoms with Gasteiger partial charge in [-0.1, -0.05) is 11.6 Å². The fourth-order valence-corrected chi connectivity index (χ4v) is 2.10. The molecule has 7 heteroatoms. The molecule has 102 valence electrons. The zero-order valence-corrected chi connectivity index (χ0v) is 11.2. The predicted molar refractivity (Wildman–Crippen MR) is 69.8 cm³/mol. The molecule has 0 aliphatic carbocycles. The third-order valence-corrected chi connectivity index (χ3v) is 3.08. The Morgan fingerprint density at radius 2 is 2.32 bits per heavy atom. The van der Waals surface area contributed by atoms with Crippen LogP contribution in [0.25, 0.3) is 0 Å². The van der Waals surface area contributed by atoms with Gasteiger partial charge >= 0.3 is 0 Å². The third kappa shape index (κ3) is 3.89. The van der Waals surface area contributed by atoms with Gasteiger partial charge in [-0.25, -0.2) is 4.98 Å². The molecular formula is C12H15ClN4O2. The zero-order chi connectivity index (χ0) is 13.7. The van der Waals surface area contributed by atoms with Crippen molar-refractivity contribution in [2.75, 3.05) is 19.6 Å². The van der Waals surface area contributed by atoms with Crippen molar-refractivity contribution in [3.8, 4) is 0 Å². The lowest BCUT2D eigenvalue weighted by molar-refractivity contribution is -0.127. The van der Waals surface area contributed by atoms with E-state index in [0.717, 1.165) is 19.4 Å². The van der Waals surface area contributed by atoms with Crippen molar-refractivity contribution in [1.82, 2.24) is 20.2 Å². The summed E-state index contributed by atoms with van der Waals surface area (Å²) in [5.74, 6) is -0.102. The summed E-state index contributed by atoms with van der Waals surface area (Å²) in [6.07, 6.45) is 5.04. The Hall–Kier alpha value is -1.69. The topological polar surface area (TPSA) is 75.2 Å². The molecule has 1 N–H and O–H groups in total. The van der Waals surface area contributed by atoms with Crippen LogP contribution in [0.4, 0.5) is 0 Å². The molecule has 19 heavy (non-hydrogen) atoms. The van der Waals surface area contributed by atoms with Crippen LogP contribution >= 0.6 is 11.6 Å². The van der Waals surface area contributed by atoms with E-state index in [0.29, 0.717) is 19.5 Å². The lowest BCUT2D eigenvalue weighted by Crippen LogP contribution is -2.31. The number of amides is 2. The molecule has 6 nitrogen and oxygen atoms in total. The van der Waals surface area contributed by atoms with Crippen molar-refractivity contribution < 1.29 is 9.59 Å². The van der Waals surface area contributed by atoms with Gasteiger partial charge in [0.15, 0.2) is 0 Å².